The first-order valence-electron chi connectivity index (χ1n) is 4.57. The van der Waals surface area contributed by atoms with Crippen molar-refractivity contribution in [3.8, 4) is 0 Å². The molecule has 0 spiro atoms. The number of hydrogen-bond donors (Lipinski definition) is 0. The molecule has 1 aromatic rings. The molecule has 0 aliphatic rings. The highest BCUT2D eigenvalue weighted by atomic mass is 15.1. The summed E-state index contributed by atoms with van der Waals surface area (Å²) in [6, 6.07) is 8.03. The predicted molar refractivity (Wildman–Crippen MR) is 63.7 cm³/mol. The van der Waals surface area contributed by atoms with Gasteiger partial charge in [-0.25, -0.2) is 0 Å². The summed E-state index contributed by atoms with van der Waals surface area (Å²) < 4.78 is 0. The van der Waals surface area contributed by atoms with Gasteiger partial charge in [0.2, 0.25) is 0 Å². The van der Waals surface area contributed by atoms with Gasteiger partial charge >= 0.3 is 0 Å². The number of aliphatic imine (C=N–C) groups is 1. The summed E-state index contributed by atoms with van der Waals surface area (Å²) in [4.78, 5) is 6.41. The molecular formula is C12H16N2. The van der Waals surface area contributed by atoms with Crippen LogP contribution in [-0.2, 0) is 0 Å². The highest BCUT2D eigenvalue weighted by Crippen LogP contribution is 2.26. The molecule has 0 atom stereocenters. The Balaban J connectivity index is 3.01. The Morgan fingerprint density at radius 1 is 1.36 bits per heavy atom. The van der Waals surface area contributed by atoms with E-state index in [1.165, 1.54) is 0 Å². The normalized spacial score (nSPS) is 10.5. The molecule has 2 nitrogen and oxygen atoms in total. The van der Waals surface area contributed by atoms with Crippen LogP contribution in [0.1, 0.15) is 6.92 Å². The van der Waals surface area contributed by atoms with E-state index in [2.05, 4.69) is 11.6 Å². The van der Waals surface area contributed by atoms with E-state index in [-0.39, 0.29) is 0 Å². The maximum Gasteiger partial charge on any atom is 0.0862 e. The maximum atomic E-state index is 4.36. The van der Waals surface area contributed by atoms with E-state index in [1.807, 2.05) is 50.2 Å². The molecule has 0 aliphatic heterocycles. The third-order valence-electron chi connectivity index (χ3n) is 1.79. The van der Waals surface area contributed by atoms with E-state index in [1.54, 1.807) is 6.21 Å². The van der Waals surface area contributed by atoms with Gasteiger partial charge in [0.25, 0.3) is 0 Å². The molecule has 2 heteroatoms. The number of allylic oxidation sites excluding steroid dienone is 1. The standard InChI is InChI=1S/C12H16N2/c1-10(2)9-13-11-7-5-6-8-12(11)14(3)4/h5-9H,1H2,2-4H3. The van der Waals surface area contributed by atoms with E-state index in [9.17, 15) is 0 Å². The van der Waals surface area contributed by atoms with Gasteiger partial charge in [-0.15, -0.1) is 0 Å². The quantitative estimate of drug-likeness (QED) is 0.666. The van der Waals surface area contributed by atoms with Crippen molar-refractivity contribution in [1.82, 2.24) is 0 Å². The lowest BCUT2D eigenvalue weighted by Crippen LogP contribution is -2.08. The van der Waals surface area contributed by atoms with Gasteiger partial charge < -0.3 is 4.90 Å². The van der Waals surface area contributed by atoms with Crippen LogP contribution in [-0.4, -0.2) is 20.3 Å². The van der Waals surface area contributed by atoms with Crippen molar-refractivity contribution in [3.63, 3.8) is 0 Å². The topological polar surface area (TPSA) is 15.6 Å². The summed E-state index contributed by atoms with van der Waals surface area (Å²) in [6.07, 6.45) is 1.78. The second-order valence-electron chi connectivity index (χ2n) is 3.49. The highest BCUT2D eigenvalue weighted by molar-refractivity contribution is 5.82. The summed E-state index contributed by atoms with van der Waals surface area (Å²) >= 11 is 0. The van der Waals surface area contributed by atoms with E-state index >= 15 is 0 Å². The highest BCUT2D eigenvalue weighted by Gasteiger charge is 2.00. The van der Waals surface area contributed by atoms with Crippen LogP contribution >= 0.6 is 0 Å². The van der Waals surface area contributed by atoms with Gasteiger partial charge in [-0.3, -0.25) is 4.99 Å². The second-order valence-corrected chi connectivity index (χ2v) is 3.49. The number of benzene rings is 1. The monoisotopic (exact) mass is 188 g/mol. The first-order chi connectivity index (χ1) is 6.61. The predicted octanol–water partition coefficient (Wildman–Crippen LogP) is 3.03. The molecule has 1 aromatic carbocycles. The third kappa shape index (κ3) is 2.73. The number of anilines is 1. The van der Waals surface area contributed by atoms with E-state index < -0.39 is 0 Å². The number of para-hydroxylation sites is 2. The van der Waals surface area contributed by atoms with Gasteiger partial charge in [0.1, 0.15) is 0 Å². The first-order valence-corrected chi connectivity index (χ1v) is 4.57. The SMILES string of the molecule is C=C(C)C=Nc1ccccc1N(C)C. The number of nitrogens with zero attached hydrogens (tertiary/aromatic N) is 2. The van der Waals surface area contributed by atoms with E-state index in [0.29, 0.717) is 0 Å². The molecule has 0 saturated carbocycles. The number of rotatable bonds is 3. The van der Waals surface area contributed by atoms with E-state index in [4.69, 9.17) is 0 Å². The molecule has 14 heavy (non-hydrogen) atoms. The average Bonchev–Trinajstić information content (AvgIpc) is 2.15. The van der Waals surface area contributed by atoms with Crippen LogP contribution in [0.4, 0.5) is 11.4 Å². The molecule has 0 bridgehead atoms. The fourth-order valence-corrected chi connectivity index (χ4v) is 1.13. The van der Waals surface area contributed by atoms with Gasteiger partial charge in [-0.1, -0.05) is 18.7 Å². The minimum Gasteiger partial charge on any atom is -0.376 e. The first kappa shape index (κ1) is 10.5. The van der Waals surface area contributed by atoms with Crippen molar-refractivity contribution in [2.75, 3.05) is 19.0 Å². The molecule has 0 saturated heterocycles. The molecule has 0 aromatic heterocycles. The molecule has 0 aliphatic carbocycles. The second kappa shape index (κ2) is 4.61. The average molecular weight is 188 g/mol. The lowest BCUT2D eigenvalue weighted by atomic mass is 10.2. The Kier molecular flexibility index (Phi) is 3.46. The molecule has 1 rings (SSSR count). The molecule has 0 fully saturated rings. The Bertz CT molecular complexity index is 351. The van der Waals surface area contributed by atoms with Crippen LogP contribution in [0.2, 0.25) is 0 Å². The summed E-state index contributed by atoms with van der Waals surface area (Å²) in [5, 5.41) is 0. The molecule has 74 valence electrons. The number of hydrogen-bond acceptors (Lipinski definition) is 2. The van der Waals surface area contributed by atoms with Crippen molar-refractivity contribution < 1.29 is 0 Å². The fraction of sp³-hybridized carbons (Fsp3) is 0.250. The maximum absolute atomic E-state index is 4.36. The third-order valence-corrected chi connectivity index (χ3v) is 1.79. The minimum atomic E-state index is 0.957. The molecule has 0 amide bonds. The van der Waals surface area contributed by atoms with Crippen molar-refractivity contribution in [2.45, 2.75) is 6.92 Å². The summed E-state index contributed by atoms with van der Waals surface area (Å²) in [7, 11) is 4.02. The van der Waals surface area contributed by atoms with Gasteiger partial charge in [0.05, 0.1) is 11.4 Å². The summed E-state index contributed by atoms with van der Waals surface area (Å²) in [6.45, 7) is 5.71. The van der Waals surface area contributed by atoms with E-state index in [0.717, 1.165) is 16.9 Å². The van der Waals surface area contributed by atoms with Crippen molar-refractivity contribution in [2.24, 2.45) is 4.99 Å². The summed E-state index contributed by atoms with van der Waals surface area (Å²) in [5.41, 5.74) is 3.05. The van der Waals surface area contributed by atoms with Crippen LogP contribution in [0.3, 0.4) is 0 Å². The molecule has 0 N–H and O–H groups in total. The van der Waals surface area contributed by atoms with Crippen LogP contribution in [0.15, 0.2) is 41.4 Å². The zero-order chi connectivity index (χ0) is 10.6. The van der Waals surface area contributed by atoms with Crippen LogP contribution < -0.4 is 4.90 Å². The van der Waals surface area contributed by atoms with Gasteiger partial charge in [0.15, 0.2) is 0 Å². The van der Waals surface area contributed by atoms with Gasteiger partial charge in [-0.05, 0) is 24.6 Å². The van der Waals surface area contributed by atoms with Gasteiger partial charge in [0, 0.05) is 20.3 Å². The van der Waals surface area contributed by atoms with Crippen molar-refractivity contribution in [1.29, 1.82) is 0 Å². The van der Waals surface area contributed by atoms with Crippen LogP contribution in [0, 0.1) is 0 Å². The van der Waals surface area contributed by atoms with Crippen LogP contribution in [0.5, 0.6) is 0 Å². The molecular weight excluding hydrogens is 172 g/mol. The Labute approximate surface area is 85.6 Å². The molecule has 0 heterocycles. The lowest BCUT2D eigenvalue weighted by molar-refractivity contribution is 1.13. The zero-order valence-electron chi connectivity index (χ0n) is 8.99. The smallest absolute Gasteiger partial charge is 0.0862 e. The Hall–Kier alpha value is -1.57. The largest absolute Gasteiger partial charge is 0.376 e. The Morgan fingerprint density at radius 2 is 2.00 bits per heavy atom. The Morgan fingerprint density at radius 3 is 2.57 bits per heavy atom. The minimum absolute atomic E-state index is 0.957. The van der Waals surface area contributed by atoms with Crippen LogP contribution in [0.25, 0.3) is 0 Å². The zero-order valence-corrected chi connectivity index (χ0v) is 8.99. The molecule has 0 unspecified atom stereocenters. The molecule has 0 radical (unpaired) electrons. The summed E-state index contributed by atoms with van der Waals surface area (Å²) in [5.74, 6) is 0. The van der Waals surface area contributed by atoms with Crippen molar-refractivity contribution in [3.05, 3.63) is 36.4 Å². The van der Waals surface area contributed by atoms with Crippen molar-refractivity contribution >= 4 is 17.6 Å². The lowest BCUT2D eigenvalue weighted by Gasteiger charge is -2.14. The van der Waals surface area contributed by atoms with Gasteiger partial charge in [-0.2, -0.15) is 0 Å². The fourth-order valence-electron chi connectivity index (χ4n) is 1.13.